The van der Waals surface area contributed by atoms with Crippen LogP contribution in [0.1, 0.15) is 48.2 Å². The van der Waals surface area contributed by atoms with Crippen LogP contribution in [0.4, 0.5) is 0 Å². The number of rotatable bonds is 8. The van der Waals surface area contributed by atoms with Crippen LogP contribution < -0.4 is 5.32 Å². The summed E-state index contributed by atoms with van der Waals surface area (Å²) in [7, 11) is -1.69. The van der Waals surface area contributed by atoms with Gasteiger partial charge in [0.1, 0.15) is 4.90 Å². The Morgan fingerprint density at radius 1 is 1.22 bits per heavy atom. The molecule has 0 spiro atoms. The van der Waals surface area contributed by atoms with E-state index >= 15 is 0 Å². The Bertz CT molecular complexity index is 1060. The lowest BCUT2D eigenvalue weighted by molar-refractivity contribution is 0.0950. The van der Waals surface area contributed by atoms with Crippen molar-refractivity contribution in [2.45, 2.75) is 44.7 Å². The highest BCUT2D eigenvalue weighted by molar-refractivity contribution is 7.89. The molecule has 1 fully saturated rings. The molecule has 0 aliphatic carbocycles. The van der Waals surface area contributed by atoms with Gasteiger partial charge in [0.25, 0.3) is 5.91 Å². The first-order chi connectivity index (χ1) is 15.2. The van der Waals surface area contributed by atoms with E-state index in [4.69, 9.17) is 11.6 Å². The zero-order valence-electron chi connectivity index (χ0n) is 19.0. The molecule has 1 aliphatic rings. The van der Waals surface area contributed by atoms with Gasteiger partial charge in [0.05, 0.1) is 5.02 Å². The van der Waals surface area contributed by atoms with Gasteiger partial charge in [-0.3, -0.25) is 4.79 Å². The van der Waals surface area contributed by atoms with Crippen molar-refractivity contribution in [2.75, 3.05) is 26.7 Å². The molecule has 0 saturated carbocycles. The van der Waals surface area contributed by atoms with E-state index in [1.807, 2.05) is 19.1 Å². The van der Waals surface area contributed by atoms with Crippen LogP contribution >= 0.6 is 11.6 Å². The lowest BCUT2D eigenvalue weighted by Gasteiger charge is -2.30. The summed E-state index contributed by atoms with van der Waals surface area (Å²) in [6.45, 7) is 7.25. The fraction of sp³-hybridized carbons (Fsp3) is 0.458. The van der Waals surface area contributed by atoms with Crippen LogP contribution in [0.5, 0.6) is 0 Å². The summed E-state index contributed by atoms with van der Waals surface area (Å²) >= 11 is 6.24. The van der Waals surface area contributed by atoms with Gasteiger partial charge in [-0.15, -0.1) is 0 Å². The Morgan fingerprint density at radius 3 is 2.69 bits per heavy atom. The minimum Gasteiger partial charge on any atom is -0.348 e. The number of carbonyl (C=O) groups is 1. The summed E-state index contributed by atoms with van der Waals surface area (Å²) in [5.41, 5.74) is 2.45. The number of nitrogens with one attached hydrogen (secondary N) is 1. The molecule has 32 heavy (non-hydrogen) atoms. The number of piperidine rings is 1. The molecule has 1 amide bonds. The van der Waals surface area contributed by atoms with Crippen molar-refractivity contribution in [1.29, 1.82) is 0 Å². The average Bonchev–Trinajstić information content (AvgIpc) is 2.77. The highest BCUT2D eigenvalue weighted by Gasteiger charge is 2.30. The second-order valence-corrected chi connectivity index (χ2v) is 10.9. The second-order valence-electron chi connectivity index (χ2n) is 8.59. The molecular weight excluding hydrogens is 446 g/mol. The van der Waals surface area contributed by atoms with Crippen molar-refractivity contribution in [3.8, 4) is 0 Å². The zero-order chi connectivity index (χ0) is 23.3. The van der Waals surface area contributed by atoms with Crippen molar-refractivity contribution < 1.29 is 13.2 Å². The highest BCUT2D eigenvalue weighted by Crippen LogP contribution is 2.29. The first-order valence-electron chi connectivity index (χ1n) is 11.0. The number of amides is 1. The molecule has 0 bridgehead atoms. The molecular formula is C24H32ClN3O3S. The molecule has 6 nitrogen and oxygen atoms in total. The van der Waals surface area contributed by atoms with Gasteiger partial charge >= 0.3 is 0 Å². The van der Waals surface area contributed by atoms with Crippen molar-refractivity contribution in [3.05, 3.63) is 64.2 Å². The molecule has 0 aromatic heterocycles. The SMILES string of the molecule is CCN(C)Cc1cccc(CNC(=O)c2ccc(Cl)c(S(=O)(=O)N3CCCC(C)C3)c2)c1. The van der Waals surface area contributed by atoms with Crippen LogP contribution in [0.3, 0.4) is 0 Å². The smallest absolute Gasteiger partial charge is 0.251 e. The normalized spacial score (nSPS) is 17.5. The minimum atomic E-state index is -3.75. The molecule has 3 rings (SSSR count). The topological polar surface area (TPSA) is 69.7 Å². The van der Waals surface area contributed by atoms with Gasteiger partial charge in [-0.25, -0.2) is 8.42 Å². The van der Waals surface area contributed by atoms with E-state index in [2.05, 4.69) is 36.3 Å². The van der Waals surface area contributed by atoms with E-state index in [1.54, 1.807) is 6.07 Å². The molecule has 1 atom stereocenters. The molecule has 1 saturated heterocycles. The Hall–Kier alpha value is -1.93. The Kier molecular flexibility index (Phi) is 8.33. The first-order valence-corrected chi connectivity index (χ1v) is 12.9. The van der Waals surface area contributed by atoms with Gasteiger partial charge in [0, 0.05) is 31.7 Å². The number of sulfonamides is 1. The van der Waals surface area contributed by atoms with Crippen molar-refractivity contribution in [2.24, 2.45) is 5.92 Å². The van der Waals surface area contributed by atoms with Crippen LogP contribution in [-0.2, 0) is 23.1 Å². The van der Waals surface area contributed by atoms with E-state index in [9.17, 15) is 13.2 Å². The van der Waals surface area contributed by atoms with E-state index in [0.29, 0.717) is 25.6 Å². The number of hydrogen-bond acceptors (Lipinski definition) is 4. The van der Waals surface area contributed by atoms with Gasteiger partial charge in [0.15, 0.2) is 0 Å². The third kappa shape index (κ3) is 6.10. The average molecular weight is 478 g/mol. The van der Waals surface area contributed by atoms with Gasteiger partial charge in [-0.1, -0.05) is 49.7 Å². The largest absolute Gasteiger partial charge is 0.348 e. The van der Waals surface area contributed by atoms with Gasteiger partial charge in [-0.2, -0.15) is 4.31 Å². The quantitative estimate of drug-likeness (QED) is 0.620. The molecule has 2 aromatic carbocycles. The van der Waals surface area contributed by atoms with Crippen LogP contribution in [0, 0.1) is 5.92 Å². The lowest BCUT2D eigenvalue weighted by atomic mass is 10.0. The summed E-state index contributed by atoms with van der Waals surface area (Å²) in [5.74, 6) is -0.0298. The predicted octanol–water partition coefficient (Wildman–Crippen LogP) is 4.14. The highest BCUT2D eigenvalue weighted by atomic mass is 35.5. The van der Waals surface area contributed by atoms with Gasteiger partial charge in [0.2, 0.25) is 10.0 Å². The lowest BCUT2D eigenvalue weighted by Crippen LogP contribution is -2.39. The predicted molar refractivity (Wildman–Crippen MR) is 128 cm³/mol. The summed E-state index contributed by atoms with van der Waals surface area (Å²) in [6, 6.07) is 12.5. The molecule has 8 heteroatoms. The van der Waals surface area contributed by atoms with Crippen molar-refractivity contribution >= 4 is 27.5 Å². The molecule has 1 N–H and O–H groups in total. The van der Waals surface area contributed by atoms with E-state index in [-0.39, 0.29) is 21.4 Å². The van der Waals surface area contributed by atoms with Gasteiger partial charge in [-0.05, 0) is 61.7 Å². The van der Waals surface area contributed by atoms with Crippen molar-refractivity contribution in [1.82, 2.24) is 14.5 Å². The van der Waals surface area contributed by atoms with E-state index < -0.39 is 10.0 Å². The zero-order valence-corrected chi connectivity index (χ0v) is 20.5. The summed E-state index contributed by atoms with van der Waals surface area (Å²) in [6.07, 6.45) is 1.84. The summed E-state index contributed by atoms with van der Waals surface area (Å²) in [4.78, 5) is 15.0. The number of nitrogens with zero attached hydrogens (tertiary/aromatic N) is 2. The Balaban J connectivity index is 1.72. The third-order valence-corrected chi connectivity index (χ3v) is 8.21. The maximum Gasteiger partial charge on any atom is 0.251 e. The molecule has 2 aromatic rings. The second kappa shape index (κ2) is 10.8. The monoisotopic (exact) mass is 477 g/mol. The third-order valence-electron chi connectivity index (χ3n) is 5.87. The van der Waals surface area contributed by atoms with Gasteiger partial charge < -0.3 is 10.2 Å². The molecule has 174 valence electrons. The standard InChI is InChI=1S/C24H32ClN3O3S/c1-4-27(3)17-20-9-5-8-19(13-20)15-26-24(29)21-10-11-22(25)23(14-21)32(30,31)28-12-6-7-18(2)16-28/h5,8-11,13-14,18H,4,6-7,12,15-17H2,1-3H3,(H,26,29). The number of halogens is 1. The van der Waals surface area contributed by atoms with E-state index in [0.717, 1.165) is 31.5 Å². The maximum atomic E-state index is 13.2. The fourth-order valence-electron chi connectivity index (χ4n) is 3.89. The van der Waals surface area contributed by atoms with Crippen LogP contribution in [0.2, 0.25) is 5.02 Å². The first kappa shape index (κ1) is 24.7. The summed E-state index contributed by atoms with van der Waals surface area (Å²) < 4.78 is 27.8. The molecule has 1 aliphatic heterocycles. The Labute approximate surface area is 196 Å². The minimum absolute atomic E-state index is 0.00878. The Morgan fingerprint density at radius 2 is 1.97 bits per heavy atom. The van der Waals surface area contributed by atoms with Crippen LogP contribution in [0.25, 0.3) is 0 Å². The van der Waals surface area contributed by atoms with Crippen LogP contribution in [-0.4, -0.2) is 50.2 Å². The number of carbonyl (C=O) groups excluding carboxylic acids is 1. The summed E-state index contributed by atoms with van der Waals surface area (Å²) in [5, 5.41) is 3.02. The fourth-order valence-corrected chi connectivity index (χ4v) is 5.99. The number of hydrogen-bond donors (Lipinski definition) is 1. The molecule has 1 heterocycles. The van der Waals surface area contributed by atoms with Crippen molar-refractivity contribution in [3.63, 3.8) is 0 Å². The molecule has 0 radical (unpaired) electrons. The number of benzene rings is 2. The van der Waals surface area contributed by atoms with Crippen LogP contribution in [0.15, 0.2) is 47.4 Å². The maximum absolute atomic E-state index is 13.2. The molecule has 1 unspecified atom stereocenters. The van der Waals surface area contributed by atoms with E-state index in [1.165, 1.54) is 22.0 Å².